The molecule has 12 aromatic carbocycles. The number of benzene rings is 12. The molecule has 8 atom stereocenters. The third-order valence-electron chi connectivity index (χ3n) is 28.3. The van der Waals surface area contributed by atoms with Gasteiger partial charge in [0, 0.05) is 103 Å². The molecule has 12 aromatic rings. The van der Waals surface area contributed by atoms with E-state index >= 15 is 0 Å². The molecule has 0 aliphatic carbocycles. The molecule has 16 heteroatoms. The summed E-state index contributed by atoms with van der Waals surface area (Å²) in [7, 11) is 6.50. The second kappa shape index (κ2) is 33.7. The molecule has 0 fully saturated rings. The lowest BCUT2D eigenvalue weighted by Crippen LogP contribution is -2.43. The van der Waals surface area contributed by atoms with E-state index in [1.54, 1.807) is 4.90 Å². The van der Waals surface area contributed by atoms with Crippen molar-refractivity contribution in [3.05, 3.63) is 287 Å². The van der Waals surface area contributed by atoms with Crippen molar-refractivity contribution in [1.82, 2.24) is 0 Å². The largest absolute Gasteiger partial charge is 0.353 e. The van der Waals surface area contributed by atoms with Crippen molar-refractivity contribution in [2.75, 3.05) is 120 Å². The fourth-order valence-electron chi connectivity index (χ4n) is 22.0. The van der Waals surface area contributed by atoms with E-state index in [4.69, 9.17) is 4.11 Å². The van der Waals surface area contributed by atoms with Crippen molar-refractivity contribution in [2.24, 2.45) is 0 Å². The Morgan fingerprint density at radius 2 is 0.389 bits per heavy atom. The highest BCUT2D eigenvalue weighted by Crippen LogP contribution is 2.57. The molecular formula is C110H132N16. The van der Waals surface area contributed by atoms with Gasteiger partial charge >= 0.3 is 0 Å². The Bertz CT molecular complexity index is 5940. The Morgan fingerprint density at radius 3 is 0.603 bits per heavy atom. The van der Waals surface area contributed by atoms with Crippen LogP contribution in [-0.4, -0.2) is 103 Å². The lowest BCUT2D eigenvalue weighted by molar-refractivity contribution is 0.603. The third kappa shape index (κ3) is 14.0. The summed E-state index contributed by atoms with van der Waals surface area (Å²) in [6, 6.07) is 88.4. The maximum atomic E-state index is 8.17. The summed E-state index contributed by atoms with van der Waals surface area (Å²) in [5, 5.41) is 0. The number of rotatable bonds is 12. The summed E-state index contributed by atoms with van der Waals surface area (Å²) in [6.45, 7) is 49.2. The Morgan fingerprint density at radius 1 is 0.222 bits per heavy atom. The summed E-state index contributed by atoms with van der Waals surface area (Å²) < 4.78 is 24.5. The summed E-state index contributed by atoms with van der Waals surface area (Å²) >= 11 is 0. The summed E-state index contributed by atoms with van der Waals surface area (Å²) in [5.74, 6) is 0. The van der Waals surface area contributed by atoms with Crippen LogP contribution >= 0.6 is 0 Å². The van der Waals surface area contributed by atoms with Crippen LogP contribution in [0.1, 0.15) is 146 Å². The molecule has 0 N–H and O–H groups in total. The molecular weight excluding hydrogens is 1550 g/mol. The quantitative estimate of drug-likeness (QED) is 0.117. The first kappa shape index (κ1) is 81.8. The molecule has 0 aromatic heterocycles. The minimum Gasteiger partial charge on any atom is -0.353 e. The number of fused-ring (bicyclic) bond motifs is 8. The number of nitrogens with zero attached hydrogens (tertiary/aromatic N) is 16. The number of hydrogen-bond acceptors (Lipinski definition) is 16. The summed E-state index contributed by atoms with van der Waals surface area (Å²) in [4.78, 5) is 38.2. The average molecular weight is 1680 g/mol. The Balaban J connectivity index is 0.000000121. The minimum absolute atomic E-state index is 0.165. The molecule has 0 bridgehead atoms. The van der Waals surface area contributed by atoms with E-state index in [0.717, 1.165) is 47.0 Å². The molecule has 8 aliphatic heterocycles. The van der Waals surface area contributed by atoms with Gasteiger partial charge in [-0.3, -0.25) is 0 Å². The van der Waals surface area contributed by atoms with Gasteiger partial charge in [-0.1, -0.05) is 97.1 Å². The highest BCUT2D eigenvalue weighted by molar-refractivity contribution is 5.96. The van der Waals surface area contributed by atoms with E-state index in [0.29, 0.717) is 12.1 Å². The Kier molecular flexibility index (Phi) is 21.9. The molecule has 652 valence electrons. The molecule has 8 aliphatic rings. The van der Waals surface area contributed by atoms with Crippen LogP contribution in [0, 0.1) is 55.4 Å². The first-order valence-corrected chi connectivity index (χ1v) is 45.8. The van der Waals surface area contributed by atoms with Crippen LogP contribution in [0.25, 0.3) is 0 Å². The number of para-hydroxylation sites is 16. The lowest BCUT2D eigenvalue weighted by atomic mass is 10.0. The van der Waals surface area contributed by atoms with Crippen molar-refractivity contribution in [2.45, 2.75) is 214 Å². The predicted octanol–water partition coefficient (Wildman–Crippen LogP) is 27.0. The molecule has 20 rings (SSSR count). The summed E-state index contributed by atoms with van der Waals surface area (Å²) in [6.07, 6.45) is 1.42. The van der Waals surface area contributed by atoms with Crippen LogP contribution in [0.2, 0.25) is 0 Å². The highest BCUT2D eigenvalue weighted by Gasteiger charge is 2.44. The molecule has 0 saturated carbocycles. The third-order valence-corrected chi connectivity index (χ3v) is 28.3. The van der Waals surface area contributed by atoms with Gasteiger partial charge in [-0.05, 0) is 342 Å². The van der Waals surface area contributed by atoms with E-state index in [2.05, 4.69) is 458 Å². The van der Waals surface area contributed by atoms with Crippen molar-refractivity contribution < 1.29 is 4.11 Å². The molecule has 0 spiro atoms. The standard InChI is InChI=1S/C30H38N4.C28H34N4.2C26H30N4/c1-19(2)31-23(7)33(27-15-11-9-13-25(27)31)29-17-21(5)18-30(22(29)6)34-24(8)32(20(3)4)26-14-10-12-16-28(26)34;1-7-29-21(5)31(25-15-11-9-13-23(25)29)27-17-19(3)18-28(20(27)4)32-22(6)30(8-2)24-14-10-12-16-26(24)32;2*1-17-15-25(29-19(3)27(5)21-11-7-9-13-23(21)29)18(2)26(16-17)30-20(4)28(6)22-12-8-10-14-24(22)30/h9-20,23-24H,1-8H3;9-18,21-22H,7-8H2,1-6H3;2*7-16,19-20H,1-6H3/t23-,24+;21-,22+;2*19-,20+/i;;5D3;/m..0./s1. The molecule has 8 heterocycles. The highest BCUT2D eigenvalue weighted by atomic mass is 15.5. The zero-order chi connectivity index (χ0) is 91.7. The van der Waals surface area contributed by atoms with Gasteiger partial charge in [0.05, 0.1) is 91.0 Å². The second-order valence-electron chi connectivity index (χ2n) is 36.4. The van der Waals surface area contributed by atoms with Crippen LogP contribution < -0.4 is 78.4 Å². The van der Waals surface area contributed by atoms with Crippen molar-refractivity contribution in [3.63, 3.8) is 0 Å². The Hall–Kier alpha value is -12.6. The van der Waals surface area contributed by atoms with Gasteiger partial charge < -0.3 is 78.4 Å². The number of hydrogen-bond donors (Lipinski definition) is 0. The number of aryl methyl sites for hydroxylation is 4. The number of anilines is 24. The minimum atomic E-state index is -2.23. The second-order valence-corrected chi connectivity index (χ2v) is 36.4. The molecule has 0 saturated heterocycles. The van der Waals surface area contributed by atoms with E-state index < -0.39 is 6.98 Å². The van der Waals surface area contributed by atoms with Gasteiger partial charge in [0.2, 0.25) is 0 Å². The summed E-state index contributed by atoms with van der Waals surface area (Å²) in [5.41, 5.74) is 39.7. The topological polar surface area (TPSA) is 51.8 Å². The first-order valence-electron chi connectivity index (χ1n) is 47.3. The maximum Gasteiger partial charge on any atom is 0.104 e. The van der Waals surface area contributed by atoms with Gasteiger partial charge in [0.1, 0.15) is 49.3 Å². The smallest absolute Gasteiger partial charge is 0.104 e. The maximum absolute atomic E-state index is 8.17. The zero-order valence-corrected chi connectivity index (χ0v) is 78.9. The van der Waals surface area contributed by atoms with E-state index in [-0.39, 0.29) is 49.3 Å². The van der Waals surface area contributed by atoms with Gasteiger partial charge in [-0.15, -0.1) is 0 Å². The SMILES string of the molecule is CCN1c2ccccc2N(c2cc(C)cc(N3c4ccccc4N(CC)[C@@H]3C)c2C)[C@@H]1C.Cc1cc(N2c3ccccc3N(C(C)C)[C@@H]2C)c(C)c(N2c3ccccc3N(C(C)C)[C@H]2C)c1.Cc1cc(N2c3ccccc3N(C)[C@H]2C)c(C)c(N2c3ccccc3N(C)[C@@H]2C)c1.[2H]C([2H])([2H])N1c2ccccc2N(c2cc(C)cc(N3c4ccccc4N(C)[C@H]3C)c2C)[C@H]1C. The van der Waals surface area contributed by atoms with Crippen molar-refractivity contribution in [3.8, 4) is 0 Å². The van der Waals surface area contributed by atoms with Gasteiger partial charge in [0.25, 0.3) is 0 Å². The van der Waals surface area contributed by atoms with Crippen LogP contribution in [0.4, 0.5) is 136 Å². The van der Waals surface area contributed by atoms with Crippen molar-refractivity contribution >= 4 is 136 Å². The fraction of sp³-hybridized carbons (Fsp3) is 0.345. The van der Waals surface area contributed by atoms with Crippen LogP contribution in [0.5, 0.6) is 0 Å². The molecule has 0 unspecified atom stereocenters. The van der Waals surface area contributed by atoms with E-state index in [1.807, 2.05) is 31.2 Å². The average Bonchev–Trinajstić information content (AvgIpc) is 1.51. The molecule has 0 radical (unpaired) electrons. The van der Waals surface area contributed by atoms with Crippen LogP contribution in [0.3, 0.4) is 0 Å². The molecule has 126 heavy (non-hydrogen) atoms. The van der Waals surface area contributed by atoms with Gasteiger partial charge in [0.15, 0.2) is 0 Å². The normalized spacial score (nSPS) is 20.2. The van der Waals surface area contributed by atoms with E-state index in [1.165, 1.54) is 147 Å². The van der Waals surface area contributed by atoms with E-state index in [9.17, 15) is 0 Å². The fourth-order valence-corrected chi connectivity index (χ4v) is 22.0. The molecule has 16 nitrogen and oxygen atoms in total. The van der Waals surface area contributed by atoms with Crippen LogP contribution in [-0.2, 0) is 0 Å². The zero-order valence-electron chi connectivity index (χ0n) is 81.9. The molecule has 0 amide bonds. The van der Waals surface area contributed by atoms with Gasteiger partial charge in [-0.25, -0.2) is 0 Å². The lowest BCUT2D eigenvalue weighted by Gasteiger charge is -2.36. The van der Waals surface area contributed by atoms with Crippen molar-refractivity contribution in [1.29, 1.82) is 0 Å². The predicted molar refractivity (Wildman–Crippen MR) is 543 cm³/mol. The first-order chi connectivity index (χ1) is 61.7. The van der Waals surface area contributed by atoms with Gasteiger partial charge in [-0.2, -0.15) is 0 Å². The Labute approximate surface area is 756 Å². The monoisotopic (exact) mass is 1680 g/mol. The van der Waals surface area contributed by atoms with Crippen LogP contribution in [0.15, 0.2) is 243 Å².